The minimum Gasteiger partial charge on any atom is -0.349 e. The zero-order valence-electron chi connectivity index (χ0n) is 13.3. The fourth-order valence-corrected chi connectivity index (χ4v) is 3.26. The van der Waals surface area contributed by atoms with Crippen molar-refractivity contribution in [1.29, 1.82) is 0 Å². The molecule has 1 saturated carbocycles. The van der Waals surface area contributed by atoms with E-state index < -0.39 is 0 Å². The summed E-state index contributed by atoms with van der Waals surface area (Å²) < 4.78 is 1.16. The number of nitrogens with zero attached hydrogens (tertiary/aromatic N) is 3. The molecule has 1 fully saturated rings. The average Bonchev–Trinajstić information content (AvgIpc) is 2.31. The molecule has 0 N–H and O–H groups in total. The Labute approximate surface area is 154 Å². The van der Waals surface area contributed by atoms with Crippen molar-refractivity contribution in [2.75, 3.05) is 34.7 Å². The number of guanidine groups is 1. The van der Waals surface area contributed by atoms with Crippen LogP contribution in [0.3, 0.4) is 0 Å². The van der Waals surface area contributed by atoms with Gasteiger partial charge < -0.3 is 9.80 Å². The average molecular weight is 466 g/mol. The van der Waals surface area contributed by atoms with Crippen LogP contribution in [0, 0.1) is 0 Å². The normalized spacial score (nSPS) is 15.5. The molecule has 5 heteroatoms. The highest BCUT2D eigenvalue weighted by molar-refractivity contribution is 14.0. The molecule has 2 rings (SSSR count). The van der Waals surface area contributed by atoms with Crippen molar-refractivity contribution in [3.63, 3.8) is 0 Å². The van der Waals surface area contributed by atoms with Crippen molar-refractivity contribution in [3.8, 4) is 0 Å². The van der Waals surface area contributed by atoms with Crippen molar-refractivity contribution in [3.05, 3.63) is 34.3 Å². The number of hydrogen-bond donors (Lipinski definition) is 0. The number of hydrogen-bond acceptors (Lipinski definition) is 1. The van der Waals surface area contributed by atoms with Gasteiger partial charge in [-0.25, -0.2) is 0 Å². The highest BCUT2D eigenvalue weighted by Gasteiger charge is 2.38. The van der Waals surface area contributed by atoms with Gasteiger partial charge in [0, 0.05) is 38.1 Å². The van der Waals surface area contributed by atoms with Crippen LogP contribution in [0.2, 0.25) is 0 Å². The first-order chi connectivity index (χ1) is 9.44. The van der Waals surface area contributed by atoms with Crippen LogP contribution < -0.4 is 0 Å². The highest BCUT2D eigenvalue weighted by Crippen LogP contribution is 2.44. The smallest absolute Gasteiger partial charge is 0.195 e. The van der Waals surface area contributed by atoms with Gasteiger partial charge in [-0.3, -0.25) is 4.99 Å². The summed E-state index contributed by atoms with van der Waals surface area (Å²) >= 11 is 3.58. The molecule has 1 aromatic carbocycles. The van der Waals surface area contributed by atoms with E-state index in [1.54, 1.807) is 0 Å². The predicted octanol–water partition coefficient (Wildman–Crippen LogP) is 3.97. The molecule has 0 radical (unpaired) electrons. The summed E-state index contributed by atoms with van der Waals surface area (Å²) in [6.07, 6.45) is 3.78. The maximum absolute atomic E-state index is 4.88. The maximum Gasteiger partial charge on any atom is 0.195 e. The third kappa shape index (κ3) is 4.34. The first kappa shape index (κ1) is 18.7. The van der Waals surface area contributed by atoms with E-state index in [1.165, 1.54) is 24.8 Å². The van der Waals surface area contributed by atoms with Crippen molar-refractivity contribution < 1.29 is 0 Å². The molecule has 3 nitrogen and oxygen atoms in total. The van der Waals surface area contributed by atoms with Gasteiger partial charge in [0.15, 0.2) is 5.96 Å². The van der Waals surface area contributed by atoms with E-state index in [0.717, 1.165) is 17.0 Å². The summed E-state index contributed by atoms with van der Waals surface area (Å²) in [6, 6.07) is 8.70. The lowest BCUT2D eigenvalue weighted by Crippen LogP contribution is -2.41. The summed E-state index contributed by atoms with van der Waals surface area (Å²) in [6.45, 7) is 0.870. The Morgan fingerprint density at radius 1 is 1.19 bits per heavy atom. The Bertz CT molecular complexity index is 486. The van der Waals surface area contributed by atoms with Crippen molar-refractivity contribution >= 4 is 45.9 Å². The Balaban J connectivity index is 0.00000220. The Hall–Kier alpha value is -0.300. The van der Waals surface area contributed by atoms with Gasteiger partial charge in [0.1, 0.15) is 0 Å². The molecule has 118 valence electrons. The quantitative estimate of drug-likeness (QED) is 0.382. The van der Waals surface area contributed by atoms with E-state index in [0.29, 0.717) is 0 Å². The van der Waals surface area contributed by atoms with Gasteiger partial charge in [0.2, 0.25) is 0 Å². The number of halogens is 2. The third-order valence-corrected chi connectivity index (χ3v) is 4.56. The first-order valence-electron chi connectivity index (χ1n) is 7.10. The van der Waals surface area contributed by atoms with Crippen LogP contribution in [0.4, 0.5) is 0 Å². The summed E-state index contributed by atoms with van der Waals surface area (Å²) in [5.41, 5.74) is 1.65. The van der Waals surface area contributed by atoms with Crippen molar-refractivity contribution in [1.82, 2.24) is 9.80 Å². The van der Waals surface area contributed by atoms with E-state index in [9.17, 15) is 0 Å². The molecule has 0 amide bonds. The second-order valence-corrected chi connectivity index (χ2v) is 6.96. The molecule has 1 aromatic rings. The number of rotatable bonds is 3. The van der Waals surface area contributed by atoms with Crippen LogP contribution in [-0.4, -0.2) is 50.5 Å². The second kappa shape index (κ2) is 7.81. The van der Waals surface area contributed by atoms with Gasteiger partial charge in [-0.15, -0.1) is 24.0 Å². The van der Waals surface area contributed by atoms with Crippen LogP contribution in [0.1, 0.15) is 24.8 Å². The van der Waals surface area contributed by atoms with E-state index >= 15 is 0 Å². The second-order valence-electron chi connectivity index (χ2n) is 6.05. The highest BCUT2D eigenvalue weighted by atomic mass is 127. The van der Waals surface area contributed by atoms with Crippen LogP contribution in [-0.2, 0) is 5.41 Å². The Morgan fingerprint density at radius 2 is 1.81 bits per heavy atom. The van der Waals surface area contributed by atoms with Gasteiger partial charge in [-0.2, -0.15) is 0 Å². The molecule has 0 atom stereocenters. The summed E-state index contributed by atoms with van der Waals surface area (Å²) in [4.78, 5) is 9.03. The van der Waals surface area contributed by atoms with E-state index in [2.05, 4.69) is 50.0 Å². The summed E-state index contributed by atoms with van der Waals surface area (Å²) in [5.74, 6) is 1.03. The third-order valence-electron chi connectivity index (χ3n) is 4.07. The summed E-state index contributed by atoms with van der Waals surface area (Å²) in [7, 11) is 8.19. The van der Waals surface area contributed by atoms with E-state index in [4.69, 9.17) is 4.99 Å². The Kier molecular flexibility index (Phi) is 6.97. The minimum absolute atomic E-state index is 0. The van der Waals surface area contributed by atoms with Gasteiger partial charge in [0.05, 0.1) is 6.54 Å². The topological polar surface area (TPSA) is 18.8 Å². The van der Waals surface area contributed by atoms with Gasteiger partial charge in [-0.1, -0.05) is 34.5 Å². The number of aliphatic imine (C=N–C) groups is 1. The predicted molar refractivity (Wildman–Crippen MR) is 105 cm³/mol. The molecule has 0 unspecified atom stereocenters. The lowest BCUT2D eigenvalue weighted by atomic mass is 9.64. The van der Waals surface area contributed by atoms with Crippen LogP contribution in [0.5, 0.6) is 0 Å². The minimum atomic E-state index is 0. The molecule has 1 aliphatic rings. The molecule has 1 aliphatic carbocycles. The molecule has 0 aliphatic heterocycles. The lowest BCUT2D eigenvalue weighted by Gasteiger charge is -2.42. The first-order valence-corrected chi connectivity index (χ1v) is 7.89. The van der Waals surface area contributed by atoms with Crippen LogP contribution in [0.15, 0.2) is 33.7 Å². The van der Waals surface area contributed by atoms with Gasteiger partial charge >= 0.3 is 0 Å². The van der Waals surface area contributed by atoms with Gasteiger partial charge in [0.25, 0.3) is 0 Å². The van der Waals surface area contributed by atoms with E-state index in [1.807, 2.05) is 28.2 Å². The zero-order chi connectivity index (χ0) is 14.8. The van der Waals surface area contributed by atoms with Crippen molar-refractivity contribution in [2.24, 2.45) is 4.99 Å². The lowest BCUT2D eigenvalue weighted by molar-refractivity contribution is 0.251. The standard InChI is InChI=1S/C16H24BrN3.HI/c1-19(2)15(20(3)4)18-12-16(9-6-10-16)13-7-5-8-14(17)11-13;/h5,7-8,11H,6,9-10,12H2,1-4H3;1H. The molecule has 0 aromatic heterocycles. The van der Waals surface area contributed by atoms with Crippen LogP contribution >= 0.6 is 39.9 Å². The van der Waals surface area contributed by atoms with Crippen LogP contribution in [0.25, 0.3) is 0 Å². The SMILES string of the molecule is CN(C)C(=NCC1(c2cccc(Br)c2)CCC1)N(C)C.I. The molecule has 21 heavy (non-hydrogen) atoms. The molecule has 0 bridgehead atoms. The van der Waals surface area contributed by atoms with Gasteiger partial charge in [-0.05, 0) is 30.5 Å². The largest absolute Gasteiger partial charge is 0.349 e. The molecule has 0 saturated heterocycles. The fourth-order valence-electron chi connectivity index (χ4n) is 2.86. The summed E-state index contributed by atoms with van der Waals surface area (Å²) in [5, 5.41) is 0. The molecular weight excluding hydrogens is 441 g/mol. The monoisotopic (exact) mass is 465 g/mol. The zero-order valence-corrected chi connectivity index (χ0v) is 17.2. The molecule has 0 heterocycles. The fraction of sp³-hybridized carbons (Fsp3) is 0.562. The maximum atomic E-state index is 4.88. The van der Waals surface area contributed by atoms with E-state index in [-0.39, 0.29) is 29.4 Å². The number of benzene rings is 1. The van der Waals surface area contributed by atoms with Crippen molar-refractivity contribution in [2.45, 2.75) is 24.7 Å². The Morgan fingerprint density at radius 3 is 2.24 bits per heavy atom. The molecule has 0 spiro atoms. The molecular formula is C16H25BrIN3.